The minimum Gasteiger partial charge on any atom is -0.307 e. The van der Waals surface area contributed by atoms with Crippen LogP contribution in [0, 0.1) is 17.7 Å². The SMILES string of the molecule is CC(NC1CCCC(C)C1C)c1ccc(F)cc1Cl. The largest absolute Gasteiger partial charge is 0.307 e. The standard InChI is InChI=1S/C16H23ClFN/c1-10-5-4-6-16(11(10)2)19-12(3)14-8-7-13(18)9-15(14)17/h7-12,16,19H,4-6H2,1-3H3. The zero-order chi connectivity index (χ0) is 14.0. The van der Waals surface area contributed by atoms with Crippen LogP contribution in [0.4, 0.5) is 4.39 Å². The van der Waals surface area contributed by atoms with Crippen LogP contribution in [0.2, 0.25) is 5.02 Å². The Morgan fingerprint density at radius 3 is 2.74 bits per heavy atom. The number of benzene rings is 1. The maximum absolute atomic E-state index is 13.1. The molecule has 19 heavy (non-hydrogen) atoms. The third-order valence-electron chi connectivity index (χ3n) is 4.60. The van der Waals surface area contributed by atoms with Crippen molar-refractivity contribution in [2.24, 2.45) is 11.8 Å². The average molecular weight is 284 g/mol. The minimum atomic E-state index is -0.277. The third kappa shape index (κ3) is 3.49. The van der Waals surface area contributed by atoms with Gasteiger partial charge in [-0.15, -0.1) is 0 Å². The molecule has 0 radical (unpaired) electrons. The van der Waals surface area contributed by atoms with Crippen molar-refractivity contribution in [2.45, 2.75) is 52.1 Å². The van der Waals surface area contributed by atoms with E-state index in [2.05, 4.69) is 26.1 Å². The van der Waals surface area contributed by atoms with Gasteiger partial charge in [0.15, 0.2) is 0 Å². The van der Waals surface area contributed by atoms with Crippen LogP contribution in [0.15, 0.2) is 18.2 Å². The molecule has 1 aliphatic rings. The summed E-state index contributed by atoms with van der Waals surface area (Å²) in [6.45, 7) is 6.75. The Labute approximate surface area is 120 Å². The van der Waals surface area contributed by atoms with Gasteiger partial charge < -0.3 is 5.32 Å². The van der Waals surface area contributed by atoms with E-state index in [9.17, 15) is 4.39 Å². The topological polar surface area (TPSA) is 12.0 Å². The number of halogens is 2. The van der Waals surface area contributed by atoms with E-state index in [4.69, 9.17) is 11.6 Å². The highest BCUT2D eigenvalue weighted by molar-refractivity contribution is 6.31. The van der Waals surface area contributed by atoms with Crippen molar-refractivity contribution in [3.63, 3.8) is 0 Å². The highest BCUT2D eigenvalue weighted by Crippen LogP contribution is 2.32. The lowest BCUT2D eigenvalue weighted by Gasteiger charge is -2.36. The van der Waals surface area contributed by atoms with Crippen molar-refractivity contribution >= 4 is 11.6 Å². The van der Waals surface area contributed by atoms with Crippen LogP contribution < -0.4 is 5.32 Å². The fourth-order valence-corrected chi connectivity index (χ4v) is 3.41. The van der Waals surface area contributed by atoms with Crippen molar-refractivity contribution < 1.29 is 4.39 Å². The van der Waals surface area contributed by atoms with E-state index in [0.29, 0.717) is 17.0 Å². The summed E-state index contributed by atoms with van der Waals surface area (Å²) in [5.74, 6) is 1.16. The lowest BCUT2D eigenvalue weighted by Crippen LogP contribution is -2.41. The molecular formula is C16H23ClFN. The molecule has 0 saturated heterocycles. The maximum Gasteiger partial charge on any atom is 0.124 e. The third-order valence-corrected chi connectivity index (χ3v) is 4.93. The first kappa shape index (κ1) is 14.8. The second-order valence-corrected chi connectivity index (χ2v) is 6.34. The molecule has 0 aliphatic heterocycles. The number of rotatable bonds is 3. The molecule has 1 saturated carbocycles. The highest BCUT2D eigenvalue weighted by Gasteiger charge is 2.28. The monoisotopic (exact) mass is 283 g/mol. The van der Waals surface area contributed by atoms with Crippen molar-refractivity contribution in [3.8, 4) is 0 Å². The predicted molar refractivity (Wildman–Crippen MR) is 78.9 cm³/mol. The summed E-state index contributed by atoms with van der Waals surface area (Å²) in [5.41, 5.74) is 0.980. The molecule has 4 atom stereocenters. The fourth-order valence-electron chi connectivity index (χ4n) is 3.08. The van der Waals surface area contributed by atoms with Gasteiger partial charge in [-0.05, 0) is 42.9 Å². The first-order valence-electron chi connectivity index (χ1n) is 7.20. The lowest BCUT2D eigenvalue weighted by atomic mass is 9.77. The van der Waals surface area contributed by atoms with Crippen molar-refractivity contribution in [3.05, 3.63) is 34.6 Å². The van der Waals surface area contributed by atoms with Gasteiger partial charge in [-0.3, -0.25) is 0 Å². The second kappa shape index (κ2) is 6.23. The summed E-state index contributed by atoms with van der Waals surface area (Å²) in [4.78, 5) is 0. The minimum absolute atomic E-state index is 0.158. The van der Waals surface area contributed by atoms with Gasteiger partial charge in [0.1, 0.15) is 5.82 Å². The van der Waals surface area contributed by atoms with E-state index < -0.39 is 0 Å². The summed E-state index contributed by atoms with van der Waals surface area (Å²) in [6, 6.07) is 5.34. The quantitative estimate of drug-likeness (QED) is 0.827. The lowest BCUT2D eigenvalue weighted by molar-refractivity contribution is 0.196. The van der Waals surface area contributed by atoms with Crippen LogP contribution in [0.25, 0.3) is 0 Å². The van der Waals surface area contributed by atoms with E-state index in [1.165, 1.54) is 31.4 Å². The number of hydrogen-bond acceptors (Lipinski definition) is 1. The Kier molecular flexibility index (Phi) is 4.86. The molecule has 1 nitrogen and oxygen atoms in total. The van der Waals surface area contributed by atoms with Gasteiger partial charge in [-0.1, -0.05) is 44.4 Å². The Balaban J connectivity index is 2.05. The summed E-state index contributed by atoms with van der Waals surface area (Å²) in [5, 5.41) is 4.18. The molecule has 106 valence electrons. The molecule has 1 aromatic rings. The van der Waals surface area contributed by atoms with Gasteiger partial charge in [0.2, 0.25) is 0 Å². The number of nitrogens with one attached hydrogen (secondary N) is 1. The smallest absolute Gasteiger partial charge is 0.124 e. The van der Waals surface area contributed by atoms with Crippen molar-refractivity contribution in [2.75, 3.05) is 0 Å². The Morgan fingerprint density at radius 2 is 2.05 bits per heavy atom. The number of hydrogen-bond donors (Lipinski definition) is 1. The predicted octanol–water partition coefficient (Wildman–Crippen LogP) is 4.95. The van der Waals surface area contributed by atoms with E-state index in [0.717, 1.165) is 11.5 Å². The molecule has 1 fully saturated rings. The van der Waals surface area contributed by atoms with E-state index in [1.807, 2.05) is 0 Å². The molecular weight excluding hydrogens is 261 g/mol. The summed E-state index contributed by atoms with van der Waals surface area (Å²) in [7, 11) is 0. The molecule has 1 aromatic carbocycles. The molecule has 4 unspecified atom stereocenters. The first-order chi connectivity index (χ1) is 8.99. The van der Waals surface area contributed by atoms with Gasteiger partial charge in [0, 0.05) is 17.1 Å². The summed E-state index contributed by atoms with van der Waals surface area (Å²) < 4.78 is 13.1. The maximum atomic E-state index is 13.1. The van der Waals surface area contributed by atoms with Gasteiger partial charge in [-0.2, -0.15) is 0 Å². The Morgan fingerprint density at radius 1 is 1.32 bits per heavy atom. The molecule has 1 aliphatic carbocycles. The molecule has 0 aromatic heterocycles. The van der Waals surface area contributed by atoms with Gasteiger partial charge in [0.25, 0.3) is 0 Å². The average Bonchev–Trinajstić information content (AvgIpc) is 2.34. The van der Waals surface area contributed by atoms with Gasteiger partial charge in [0.05, 0.1) is 0 Å². The van der Waals surface area contributed by atoms with Crippen molar-refractivity contribution in [1.29, 1.82) is 0 Å². The van der Waals surface area contributed by atoms with E-state index >= 15 is 0 Å². The van der Waals surface area contributed by atoms with Gasteiger partial charge >= 0.3 is 0 Å². The van der Waals surface area contributed by atoms with Crippen molar-refractivity contribution in [1.82, 2.24) is 5.32 Å². The highest BCUT2D eigenvalue weighted by atomic mass is 35.5. The van der Waals surface area contributed by atoms with Crippen LogP contribution in [0.5, 0.6) is 0 Å². The zero-order valence-electron chi connectivity index (χ0n) is 11.9. The Hall–Kier alpha value is -0.600. The van der Waals surface area contributed by atoms with Crippen LogP contribution in [-0.4, -0.2) is 6.04 Å². The molecule has 1 N–H and O–H groups in total. The normalized spacial score (nSPS) is 29.2. The molecule has 0 amide bonds. The van der Waals surface area contributed by atoms with Crippen LogP contribution in [0.3, 0.4) is 0 Å². The first-order valence-corrected chi connectivity index (χ1v) is 7.58. The van der Waals surface area contributed by atoms with Crippen LogP contribution in [-0.2, 0) is 0 Å². The Bertz CT molecular complexity index is 435. The van der Waals surface area contributed by atoms with E-state index in [-0.39, 0.29) is 11.9 Å². The molecule has 2 rings (SSSR count). The van der Waals surface area contributed by atoms with E-state index in [1.54, 1.807) is 6.07 Å². The fraction of sp³-hybridized carbons (Fsp3) is 0.625. The summed E-state index contributed by atoms with van der Waals surface area (Å²) in [6.07, 6.45) is 3.83. The van der Waals surface area contributed by atoms with Crippen LogP contribution in [0.1, 0.15) is 51.6 Å². The zero-order valence-corrected chi connectivity index (χ0v) is 12.7. The second-order valence-electron chi connectivity index (χ2n) is 5.93. The molecule has 0 bridgehead atoms. The van der Waals surface area contributed by atoms with Gasteiger partial charge in [-0.25, -0.2) is 4.39 Å². The molecule has 3 heteroatoms. The molecule has 0 heterocycles. The van der Waals surface area contributed by atoms with Crippen LogP contribution >= 0.6 is 11.6 Å². The summed E-state index contributed by atoms with van der Waals surface area (Å²) >= 11 is 6.13. The molecule has 0 spiro atoms.